The predicted octanol–water partition coefficient (Wildman–Crippen LogP) is 1.67. The van der Waals surface area contributed by atoms with Gasteiger partial charge in [-0.05, 0) is 29.8 Å². The van der Waals surface area contributed by atoms with Crippen molar-refractivity contribution in [1.82, 2.24) is 15.5 Å². The van der Waals surface area contributed by atoms with Crippen LogP contribution in [0.2, 0.25) is 0 Å². The Balaban J connectivity index is 1.79. The number of ether oxygens (including phenoxy) is 1. The molecule has 0 bridgehead atoms. The molecule has 5 nitrogen and oxygen atoms in total. The monoisotopic (exact) mass is 254 g/mol. The molecule has 1 N–H and O–H groups in total. The van der Waals surface area contributed by atoms with Gasteiger partial charge in [0.05, 0.1) is 5.69 Å². The number of rotatable bonds is 6. The van der Waals surface area contributed by atoms with Crippen LogP contribution in [0.25, 0.3) is 0 Å². The quantitative estimate of drug-likeness (QED) is 0.849. The highest BCUT2D eigenvalue weighted by Crippen LogP contribution is 2.11. The Labute approximate surface area is 111 Å². The van der Waals surface area contributed by atoms with Crippen LogP contribution in [0.4, 0.5) is 0 Å². The Kier molecular flexibility index (Phi) is 4.85. The fraction of sp³-hybridized carbons (Fsp3) is 0.214. The first-order chi connectivity index (χ1) is 9.38. The van der Waals surface area contributed by atoms with E-state index in [1.807, 2.05) is 42.5 Å². The highest BCUT2D eigenvalue weighted by molar-refractivity contribution is 5.27. The second-order valence-electron chi connectivity index (χ2n) is 3.91. The average Bonchev–Trinajstić information content (AvgIpc) is 2.47. The first-order valence-electron chi connectivity index (χ1n) is 5.94. The van der Waals surface area contributed by atoms with Gasteiger partial charge >= 0.3 is 0 Å². The SMILES string of the molecule is N#CCOc1ccc(CNCc2cccnn2)cc1. The third-order valence-corrected chi connectivity index (χ3v) is 2.49. The van der Waals surface area contributed by atoms with Crippen molar-refractivity contribution in [2.45, 2.75) is 13.1 Å². The van der Waals surface area contributed by atoms with Crippen molar-refractivity contribution < 1.29 is 4.74 Å². The summed E-state index contributed by atoms with van der Waals surface area (Å²) in [6.07, 6.45) is 1.66. The molecule has 96 valence electrons. The first-order valence-corrected chi connectivity index (χ1v) is 5.94. The van der Waals surface area contributed by atoms with Gasteiger partial charge < -0.3 is 10.1 Å². The van der Waals surface area contributed by atoms with Gasteiger partial charge in [-0.15, -0.1) is 0 Å². The smallest absolute Gasteiger partial charge is 0.174 e. The Hall–Kier alpha value is -2.45. The summed E-state index contributed by atoms with van der Waals surface area (Å²) in [6, 6.07) is 13.4. The summed E-state index contributed by atoms with van der Waals surface area (Å²) in [6.45, 7) is 1.50. The molecule has 2 rings (SSSR count). The minimum atomic E-state index is 0.0737. The van der Waals surface area contributed by atoms with Crippen molar-refractivity contribution in [1.29, 1.82) is 5.26 Å². The number of nitrogens with one attached hydrogen (secondary N) is 1. The molecule has 1 heterocycles. The lowest BCUT2D eigenvalue weighted by Gasteiger charge is -2.05. The summed E-state index contributed by atoms with van der Waals surface area (Å²) in [7, 11) is 0. The molecule has 1 aromatic carbocycles. The van der Waals surface area contributed by atoms with Crippen LogP contribution in [0, 0.1) is 11.3 Å². The van der Waals surface area contributed by atoms with E-state index in [1.165, 1.54) is 0 Å². The van der Waals surface area contributed by atoms with Gasteiger partial charge in [-0.3, -0.25) is 0 Å². The molecular weight excluding hydrogens is 240 g/mol. The van der Waals surface area contributed by atoms with Crippen molar-refractivity contribution in [2.24, 2.45) is 0 Å². The van der Waals surface area contributed by atoms with E-state index in [0.29, 0.717) is 12.3 Å². The van der Waals surface area contributed by atoms with Crippen LogP contribution in [-0.2, 0) is 13.1 Å². The van der Waals surface area contributed by atoms with Crippen molar-refractivity contribution in [3.8, 4) is 11.8 Å². The maximum Gasteiger partial charge on any atom is 0.174 e. The van der Waals surface area contributed by atoms with E-state index in [9.17, 15) is 0 Å². The summed E-state index contributed by atoms with van der Waals surface area (Å²) in [4.78, 5) is 0. The standard InChI is InChI=1S/C14H14N4O/c15-7-9-19-14-5-3-12(4-6-14)10-16-11-13-2-1-8-17-18-13/h1-6,8,16H,9-11H2. The molecular formula is C14H14N4O. The van der Waals surface area contributed by atoms with Gasteiger partial charge in [-0.1, -0.05) is 12.1 Å². The molecule has 0 aliphatic carbocycles. The molecule has 0 radical (unpaired) electrons. The third-order valence-electron chi connectivity index (χ3n) is 2.49. The minimum absolute atomic E-state index is 0.0737. The van der Waals surface area contributed by atoms with Crippen LogP contribution in [0.3, 0.4) is 0 Å². The molecule has 0 atom stereocenters. The van der Waals surface area contributed by atoms with Crippen molar-refractivity contribution >= 4 is 0 Å². The second kappa shape index (κ2) is 7.09. The summed E-state index contributed by atoms with van der Waals surface area (Å²) < 4.78 is 5.18. The minimum Gasteiger partial charge on any atom is -0.479 e. The van der Waals surface area contributed by atoms with Gasteiger partial charge in [0.25, 0.3) is 0 Å². The number of hydrogen-bond acceptors (Lipinski definition) is 5. The molecule has 0 unspecified atom stereocenters. The van der Waals surface area contributed by atoms with E-state index in [4.69, 9.17) is 10.00 Å². The van der Waals surface area contributed by atoms with Crippen LogP contribution in [0.5, 0.6) is 5.75 Å². The molecule has 0 saturated heterocycles. The van der Waals surface area contributed by atoms with Crippen LogP contribution < -0.4 is 10.1 Å². The summed E-state index contributed by atoms with van der Waals surface area (Å²) in [5, 5.41) is 19.5. The zero-order valence-corrected chi connectivity index (χ0v) is 10.4. The van der Waals surface area contributed by atoms with Crippen LogP contribution in [0.1, 0.15) is 11.3 Å². The van der Waals surface area contributed by atoms with E-state index in [1.54, 1.807) is 6.20 Å². The van der Waals surface area contributed by atoms with Crippen LogP contribution >= 0.6 is 0 Å². The molecule has 1 aromatic heterocycles. The fourth-order valence-electron chi connectivity index (χ4n) is 1.58. The summed E-state index contributed by atoms with van der Waals surface area (Å²) in [5.41, 5.74) is 2.06. The fourth-order valence-corrected chi connectivity index (χ4v) is 1.58. The number of hydrogen-bond donors (Lipinski definition) is 1. The van der Waals surface area contributed by atoms with Crippen LogP contribution in [-0.4, -0.2) is 16.8 Å². The average molecular weight is 254 g/mol. The topological polar surface area (TPSA) is 70.8 Å². The van der Waals surface area contributed by atoms with E-state index < -0.39 is 0 Å². The number of aromatic nitrogens is 2. The van der Waals surface area contributed by atoms with Crippen molar-refractivity contribution in [3.05, 3.63) is 53.9 Å². The van der Waals surface area contributed by atoms with Crippen molar-refractivity contribution in [2.75, 3.05) is 6.61 Å². The molecule has 0 amide bonds. The van der Waals surface area contributed by atoms with Gasteiger partial charge in [0.1, 0.15) is 11.8 Å². The predicted molar refractivity (Wildman–Crippen MR) is 70.1 cm³/mol. The molecule has 0 saturated carbocycles. The number of nitriles is 1. The largest absolute Gasteiger partial charge is 0.479 e. The molecule has 19 heavy (non-hydrogen) atoms. The first kappa shape index (κ1) is 13.0. The van der Waals surface area contributed by atoms with Gasteiger partial charge in [-0.2, -0.15) is 15.5 Å². The molecule has 0 fully saturated rings. The van der Waals surface area contributed by atoms with E-state index in [-0.39, 0.29) is 6.61 Å². The van der Waals surface area contributed by atoms with Crippen LogP contribution in [0.15, 0.2) is 42.6 Å². The lowest BCUT2D eigenvalue weighted by atomic mass is 10.2. The van der Waals surface area contributed by atoms with E-state index in [0.717, 1.165) is 17.8 Å². The lowest BCUT2D eigenvalue weighted by molar-refractivity contribution is 0.368. The van der Waals surface area contributed by atoms with E-state index >= 15 is 0 Å². The number of nitrogens with zero attached hydrogens (tertiary/aromatic N) is 3. The zero-order valence-electron chi connectivity index (χ0n) is 10.4. The maximum atomic E-state index is 8.41. The normalized spacial score (nSPS) is 9.84. The van der Waals surface area contributed by atoms with Gasteiger partial charge in [0.2, 0.25) is 0 Å². The molecule has 0 aliphatic heterocycles. The Bertz CT molecular complexity index is 534. The molecule has 5 heteroatoms. The molecule has 2 aromatic rings. The molecule has 0 spiro atoms. The Morgan fingerprint density at radius 2 is 2.00 bits per heavy atom. The summed E-state index contributed by atoms with van der Waals surface area (Å²) in [5.74, 6) is 0.708. The van der Waals surface area contributed by atoms with Gasteiger partial charge in [-0.25, -0.2) is 0 Å². The van der Waals surface area contributed by atoms with Gasteiger partial charge in [0.15, 0.2) is 6.61 Å². The Morgan fingerprint density at radius 1 is 1.16 bits per heavy atom. The van der Waals surface area contributed by atoms with Crippen molar-refractivity contribution in [3.63, 3.8) is 0 Å². The molecule has 0 aliphatic rings. The zero-order chi connectivity index (χ0) is 13.3. The highest BCUT2D eigenvalue weighted by atomic mass is 16.5. The Morgan fingerprint density at radius 3 is 2.68 bits per heavy atom. The summed E-state index contributed by atoms with van der Waals surface area (Å²) >= 11 is 0. The highest BCUT2D eigenvalue weighted by Gasteiger charge is 1.97. The lowest BCUT2D eigenvalue weighted by Crippen LogP contribution is -2.13. The number of benzene rings is 1. The second-order valence-corrected chi connectivity index (χ2v) is 3.91. The van der Waals surface area contributed by atoms with Gasteiger partial charge in [0, 0.05) is 19.3 Å². The maximum absolute atomic E-state index is 8.41. The van der Waals surface area contributed by atoms with E-state index in [2.05, 4.69) is 15.5 Å². The third kappa shape index (κ3) is 4.37.